The Morgan fingerprint density at radius 3 is 2.53 bits per heavy atom. The van der Waals surface area contributed by atoms with Gasteiger partial charge >= 0.3 is 0 Å². The summed E-state index contributed by atoms with van der Waals surface area (Å²) in [5.74, 6) is -0.467. The molecule has 2 rings (SSSR count). The smallest absolute Gasteiger partial charge is 0.161 e. The van der Waals surface area contributed by atoms with Gasteiger partial charge in [0.15, 0.2) is 5.82 Å². The van der Waals surface area contributed by atoms with Crippen LogP contribution < -0.4 is 10.6 Å². The molecule has 1 aromatic rings. The number of likely N-dealkylation sites (N-methyl/N-ethyl adjacent to an activating group) is 1. The largest absolute Gasteiger partial charge is 0.384 e. The minimum absolute atomic E-state index is 0.131. The number of nitrogens with zero attached hydrogens (tertiary/aromatic N) is 2. The van der Waals surface area contributed by atoms with E-state index < -0.39 is 0 Å². The summed E-state index contributed by atoms with van der Waals surface area (Å²) in [5, 5.41) is 7.40. The molecular weight excluding hydrogens is 311 g/mol. The summed E-state index contributed by atoms with van der Waals surface area (Å²) >= 11 is 3.19. The van der Waals surface area contributed by atoms with E-state index in [2.05, 4.69) is 27.8 Å². The van der Waals surface area contributed by atoms with Crippen LogP contribution in [0.1, 0.15) is 12.5 Å². The summed E-state index contributed by atoms with van der Waals surface area (Å²) in [7, 11) is 0. The van der Waals surface area contributed by atoms with E-state index in [1.165, 1.54) is 0 Å². The van der Waals surface area contributed by atoms with Crippen LogP contribution in [0.2, 0.25) is 0 Å². The van der Waals surface area contributed by atoms with E-state index in [-0.39, 0.29) is 16.1 Å². The van der Waals surface area contributed by atoms with Gasteiger partial charge in [0.1, 0.15) is 5.84 Å². The minimum Gasteiger partial charge on any atom is -0.384 e. The van der Waals surface area contributed by atoms with Gasteiger partial charge in [0, 0.05) is 31.7 Å². The number of anilines is 1. The van der Waals surface area contributed by atoms with Crippen LogP contribution in [0.5, 0.6) is 0 Å². The van der Waals surface area contributed by atoms with Gasteiger partial charge in [0.2, 0.25) is 0 Å². The number of rotatable bonds is 3. The lowest BCUT2D eigenvalue weighted by atomic mass is 10.1. The van der Waals surface area contributed by atoms with Crippen LogP contribution in [0, 0.1) is 11.2 Å². The Labute approximate surface area is 121 Å². The van der Waals surface area contributed by atoms with Gasteiger partial charge in [-0.1, -0.05) is 6.92 Å². The molecule has 0 aliphatic carbocycles. The highest BCUT2D eigenvalue weighted by atomic mass is 79.9. The molecule has 1 aromatic carbocycles. The lowest BCUT2D eigenvalue weighted by Crippen LogP contribution is -2.46. The first-order valence-corrected chi connectivity index (χ1v) is 7.13. The Kier molecular flexibility index (Phi) is 4.42. The van der Waals surface area contributed by atoms with Crippen molar-refractivity contribution in [2.75, 3.05) is 37.6 Å². The van der Waals surface area contributed by atoms with Gasteiger partial charge in [-0.2, -0.15) is 0 Å². The number of hydrogen-bond acceptors (Lipinski definition) is 3. The van der Waals surface area contributed by atoms with Gasteiger partial charge in [0.05, 0.1) is 10.2 Å². The number of nitrogens with one attached hydrogen (secondary N) is 1. The fourth-order valence-electron chi connectivity index (χ4n) is 2.30. The third-order valence-electron chi connectivity index (χ3n) is 3.51. The molecule has 1 aliphatic rings. The summed E-state index contributed by atoms with van der Waals surface area (Å²) < 4.78 is 14.6. The number of piperazine rings is 1. The van der Waals surface area contributed by atoms with Crippen molar-refractivity contribution in [3.8, 4) is 0 Å². The van der Waals surface area contributed by atoms with E-state index in [0.717, 1.165) is 32.7 Å². The van der Waals surface area contributed by atoms with Crippen molar-refractivity contribution < 1.29 is 4.39 Å². The van der Waals surface area contributed by atoms with Gasteiger partial charge in [-0.05, 0) is 34.6 Å². The van der Waals surface area contributed by atoms with Gasteiger partial charge < -0.3 is 15.5 Å². The van der Waals surface area contributed by atoms with Crippen LogP contribution in [-0.2, 0) is 0 Å². The van der Waals surface area contributed by atoms with Crippen molar-refractivity contribution in [2.45, 2.75) is 6.92 Å². The van der Waals surface area contributed by atoms with E-state index in [9.17, 15) is 4.39 Å². The maximum Gasteiger partial charge on any atom is 0.161 e. The molecule has 0 unspecified atom stereocenters. The summed E-state index contributed by atoms with van der Waals surface area (Å²) in [6.07, 6.45) is 0. The molecule has 0 saturated carbocycles. The zero-order valence-electron chi connectivity index (χ0n) is 10.9. The van der Waals surface area contributed by atoms with Gasteiger partial charge in [-0.25, -0.2) is 4.39 Å². The SMILES string of the molecule is CCN1CCN(c2ccc(C(=N)N)c(Br)c2F)CC1. The molecule has 19 heavy (non-hydrogen) atoms. The molecule has 0 aromatic heterocycles. The molecule has 1 saturated heterocycles. The molecule has 0 radical (unpaired) electrons. The molecule has 0 atom stereocenters. The minimum atomic E-state index is -0.336. The normalized spacial score (nSPS) is 16.7. The zero-order chi connectivity index (χ0) is 14.0. The molecule has 1 heterocycles. The molecule has 1 fully saturated rings. The second-order valence-corrected chi connectivity index (χ2v) is 5.39. The van der Waals surface area contributed by atoms with E-state index >= 15 is 0 Å². The molecule has 0 spiro atoms. The van der Waals surface area contributed by atoms with Crippen LogP contribution in [0.4, 0.5) is 10.1 Å². The molecular formula is C13H18BrFN4. The lowest BCUT2D eigenvalue weighted by molar-refractivity contribution is 0.270. The average molecular weight is 329 g/mol. The number of halogens is 2. The summed E-state index contributed by atoms with van der Waals surface area (Å²) in [4.78, 5) is 4.38. The molecule has 3 N–H and O–H groups in total. The van der Waals surface area contributed by atoms with Gasteiger partial charge in [0.25, 0.3) is 0 Å². The molecule has 0 amide bonds. The Bertz CT molecular complexity index is 484. The topological polar surface area (TPSA) is 56.4 Å². The third kappa shape index (κ3) is 2.90. The first-order valence-electron chi connectivity index (χ1n) is 6.34. The van der Waals surface area contributed by atoms with Crippen molar-refractivity contribution in [1.82, 2.24) is 4.90 Å². The average Bonchev–Trinajstić information content (AvgIpc) is 2.41. The number of nitrogen functional groups attached to an aromatic ring is 1. The molecule has 1 aliphatic heterocycles. The van der Waals surface area contributed by atoms with Gasteiger partial charge in [-0.15, -0.1) is 0 Å². The van der Waals surface area contributed by atoms with Crippen LogP contribution in [0.15, 0.2) is 16.6 Å². The van der Waals surface area contributed by atoms with E-state index in [1.54, 1.807) is 12.1 Å². The summed E-state index contributed by atoms with van der Waals surface area (Å²) in [6.45, 7) is 6.69. The lowest BCUT2D eigenvalue weighted by Gasteiger charge is -2.35. The number of hydrogen-bond donors (Lipinski definition) is 2. The first kappa shape index (κ1) is 14.3. The summed E-state index contributed by atoms with van der Waals surface area (Å²) in [6, 6.07) is 3.40. The number of amidine groups is 1. The fraction of sp³-hybridized carbons (Fsp3) is 0.462. The van der Waals surface area contributed by atoms with Crippen molar-refractivity contribution >= 4 is 27.5 Å². The number of benzene rings is 1. The Morgan fingerprint density at radius 1 is 1.37 bits per heavy atom. The van der Waals surface area contributed by atoms with Crippen molar-refractivity contribution in [2.24, 2.45) is 5.73 Å². The van der Waals surface area contributed by atoms with Crippen molar-refractivity contribution in [3.05, 3.63) is 28.0 Å². The Morgan fingerprint density at radius 2 is 2.00 bits per heavy atom. The highest BCUT2D eigenvalue weighted by Crippen LogP contribution is 2.29. The maximum absolute atomic E-state index is 14.3. The molecule has 6 heteroatoms. The van der Waals surface area contributed by atoms with Gasteiger partial charge in [-0.3, -0.25) is 5.41 Å². The highest BCUT2D eigenvalue weighted by Gasteiger charge is 2.21. The predicted molar refractivity (Wildman–Crippen MR) is 79.4 cm³/mol. The Hall–Kier alpha value is -1.14. The van der Waals surface area contributed by atoms with Crippen LogP contribution in [-0.4, -0.2) is 43.5 Å². The third-order valence-corrected chi connectivity index (χ3v) is 4.29. The van der Waals surface area contributed by atoms with E-state index in [0.29, 0.717) is 11.3 Å². The molecule has 0 bridgehead atoms. The quantitative estimate of drug-likeness (QED) is 0.659. The standard InChI is InChI=1S/C13H18BrFN4/c1-2-18-5-7-19(8-6-18)10-4-3-9(13(16)17)11(14)12(10)15/h3-4H,2,5-8H2,1H3,(H3,16,17). The van der Waals surface area contributed by atoms with E-state index in [4.69, 9.17) is 11.1 Å². The second-order valence-electron chi connectivity index (χ2n) is 4.60. The predicted octanol–water partition coefficient (Wildman–Crippen LogP) is 2.01. The van der Waals surface area contributed by atoms with Crippen LogP contribution in [0.25, 0.3) is 0 Å². The van der Waals surface area contributed by atoms with Crippen molar-refractivity contribution in [3.63, 3.8) is 0 Å². The highest BCUT2D eigenvalue weighted by molar-refractivity contribution is 9.10. The van der Waals surface area contributed by atoms with E-state index in [1.807, 2.05) is 4.90 Å². The first-order chi connectivity index (χ1) is 9.04. The van der Waals surface area contributed by atoms with Crippen LogP contribution in [0.3, 0.4) is 0 Å². The zero-order valence-corrected chi connectivity index (χ0v) is 12.5. The molecule has 104 valence electrons. The van der Waals surface area contributed by atoms with Crippen LogP contribution >= 0.6 is 15.9 Å². The molecule has 4 nitrogen and oxygen atoms in total. The van der Waals surface area contributed by atoms with Crippen molar-refractivity contribution in [1.29, 1.82) is 5.41 Å². The summed E-state index contributed by atoms with van der Waals surface area (Å²) in [5.41, 5.74) is 6.39. The number of nitrogens with two attached hydrogens (primary N) is 1. The maximum atomic E-state index is 14.3. The Balaban J connectivity index is 2.22. The fourth-order valence-corrected chi connectivity index (χ4v) is 2.85. The second kappa shape index (κ2) is 5.88. The monoisotopic (exact) mass is 328 g/mol.